The van der Waals surface area contributed by atoms with E-state index in [-0.39, 0.29) is 6.04 Å². The Labute approximate surface area is 94.3 Å². The van der Waals surface area contributed by atoms with Gasteiger partial charge in [-0.15, -0.1) is 0 Å². The van der Waals surface area contributed by atoms with Crippen LogP contribution in [0.15, 0.2) is 18.9 Å². The van der Waals surface area contributed by atoms with E-state index in [2.05, 4.69) is 20.4 Å². The van der Waals surface area contributed by atoms with Crippen LogP contribution >= 0.6 is 0 Å². The van der Waals surface area contributed by atoms with E-state index in [1.165, 1.54) is 0 Å². The van der Waals surface area contributed by atoms with Gasteiger partial charge in [-0.1, -0.05) is 0 Å². The van der Waals surface area contributed by atoms with Crippen molar-refractivity contribution in [3.63, 3.8) is 0 Å². The topological polar surface area (TPSA) is 60.6 Å². The normalized spacial score (nSPS) is 12.9. The summed E-state index contributed by atoms with van der Waals surface area (Å²) in [5.74, 6) is 0.959. The summed E-state index contributed by atoms with van der Waals surface area (Å²) in [6.45, 7) is 0. The molecule has 0 aliphatic rings. The lowest BCUT2D eigenvalue weighted by molar-refractivity contribution is 0.526. The zero-order chi connectivity index (χ0) is 11.5. The summed E-state index contributed by atoms with van der Waals surface area (Å²) < 4.78 is 3.80. The molecule has 0 radical (unpaired) electrons. The van der Waals surface area contributed by atoms with E-state index in [1.54, 1.807) is 17.3 Å². The summed E-state index contributed by atoms with van der Waals surface area (Å²) in [5.41, 5.74) is 1.14. The summed E-state index contributed by atoms with van der Waals surface area (Å²) in [5, 5.41) is 7.33. The van der Waals surface area contributed by atoms with E-state index >= 15 is 0 Å². The van der Waals surface area contributed by atoms with Crippen LogP contribution in [0.5, 0.6) is 0 Å². The van der Waals surface area contributed by atoms with Crippen molar-refractivity contribution >= 4 is 0 Å². The van der Waals surface area contributed by atoms with Gasteiger partial charge in [0.25, 0.3) is 0 Å². The maximum Gasteiger partial charge on any atom is 0.138 e. The summed E-state index contributed by atoms with van der Waals surface area (Å²) in [7, 11) is 5.83. The van der Waals surface area contributed by atoms with Gasteiger partial charge < -0.3 is 9.88 Å². The molecule has 0 saturated carbocycles. The fourth-order valence-corrected chi connectivity index (χ4v) is 1.75. The highest BCUT2D eigenvalue weighted by atomic mass is 15.3. The standard InChI is InChI=1S/C10H16N6/c1-11-8(9-5-12-7-15(9)2)4-10-13-6-14-16(10)3/h5-8,11H,4H2,1-3H3. The molecule has 2 heterocycles. The van der Waals surface area contributed by atoms with Crippen molar-refractivity contribution in [3.05, 3.63) is 30.4 Å². The lowest BCUT2D eigenvalue weighted by Gasteiger charge is -2.15. The SMILES string of the molecule is CNC(Cc1ncnn1C)c1cncn1C. The van der Waals surface area contributed by atoms with E-state index in [1.807, 2.05) is 31.9 Å². The molecule has 6 nitrogen and oxygen atoms in total. The smallest absolute Gasteiger partial charge is 0.138 e. The highest BCUT2D eigenvalue weighted by Gasteiger charge is 2.15. The first kappa shape index (κ1) is 10.8. The Morgan fingerprint density at radius 1 is 1.44 bits per heavy atom. The van der Waals surface area contributed by atoms with E-state index in [4.69, 9.17) is 0 Å². The average Bonchev–Trinajstić information content (AvgIpc) is 2.85. The third-order valence-electron chi connectivity index (χ3n) is 2.75. The van der Waals surface area contributed by atoms with Gasteiger partial charge >= 0.3 is 0 Å². The number of nitrogens with zero attached hydrogens (tertiary/aromatic N) is 5. The Bertz CT molecular complexity index is 457. The molecule has 0 aliphatic heterocycles. The molecule has 0 aromatic carbocycles. The van der Waals surface area contributed by atoms with Gasteiger partial charge in [0.2, 0.25) is 0 Å². The van der Waals surface area contributed by atoms with E-state index in [0.717, 1.165) is 17.9 Å². The second-order valence-corrected chi connectivity index (χ2v) is 3.77. The molecular weight excluding hydrogens is 204 g/mol. The molecular formula is C10H16N6. The van der Waals surface area contributed by atoms with Gasteiger partial charge in [-0.3, -0.25) is 4.68 Å². The number of nitrogens with one attached hydrogen (secondary N) is 1. The molecule has 2 aromatic rings. The number of hydrogen-bond donors (Lipinski definition) is 1. The first-order chi connectivity index (χ1) is 7.72. The minimum Gasteiger partial charge on any atom is -0.336 e. The summed E-state index contributed by atoms with van der Waals surface area (Å²) in [6, 6.07) is 0.204. The van der Waals surface area contributed by atoms with Crippen LogP contribution in [0, 0.1) is 0 Å². The van der Waals surface area contributed by atoms with Gasteiger partial charge in [-0.25, -0.2) is 9.97 Å². The zero-order valence-electron chi connectivity index (χ0n) is 9.75. The van der Waals surface area contributed by atoms with Gasteiger partial charge in [-0.2, -0.15) is 5.10 Å². The van der Waals surface area contributed by atoms with Crippen LogP contribution in [-0.2, 0) is 20.5 Å². The Balaban J connectivity index is 2.19. The number of hydrogen-bond acceptors (Lipinski definition) is 4. The molecule has 1 atom stereocenters. The van der Waals surface area contributed by atoms with Crippen molar-refractivity contribution in [2.45, 2.75) is 12.5 Å². The lowest BCUT2D eigenvalue weighted by Crippen LogP contribution is -2.22. The average molecular weight is 220 g/mol. The Morgan fingerprint density at radius 2 is 2.25 bits per heavy atom. The van der Waals surface area contributed by atoms with Gasteiger partial charge in [0, 0.05) is 26.7 Å². The largest absolute Gasteiger partial charge is 0.336 e. The molecule has 0 saturated heterocycles. The third-order valence-corrected chi connectivity index (χ3v) is 2.75. The Morgan fingerprint density at radius 3 is 2.75 bits per heavy atom. The van der Waals surface area contributed by atoms with Gasteiger partial charge in [0.1, 0.15) is 12.2 Å². The van der Waals surface area contributed by atoms with Crippen LogP contribution in [0.3, 0.4) is 0 Å². The number of aryl methyl sites for hydroxylation is 2. The molecule has 1 N–H and O–H groups in total. The van der Waals surface area contributed by atoms with Crippen LogP contribution in [0.25, 0.3) is 0 Å². The molecule has 2 aromatic heterocycles. The highest BCUT2D eigenvalue weighted by Crippen LogP contribution is 2.15. The molecule has 0 fully saturated rings. The Hall–Kier alpha value is -1.69. The van der Waals surface area contributed by atoms with Crippen LogP contribution < -0.4 is 5.32 Å². The highest BCUT2D eigenvalue weighted by molar-refractivity contribution is 5.07. The molecule has 86 valence electrons. The van der Waals surface area contributed by atoms with Crippen molar-refractivity contribution in [1.82, 2.24) is 29.6 Å². The lowest BCUT2D eigenvalue weighted by atomic mass is 10.1. The molecule has 0 aliphatic carbocycles. The van der Waals surface area contributed by atoms with Crippen molar-refractivity contribution in [2.75, 3.05) is 7.05 Å². The molecule has 0 amide bonds. The summed E-state index contributed by atoms with van der Waals surface area (Å²) in [6.07, 6.45) is 6.05. The summed E-state index contributed by atoms with van der Waals surface area (Å²) in [4.78, 5) is 8.35. The van der Waals surface area contributed by atoms with Gasteiger partial charge in [0.15, 0.2) is 0 Å². The number of aromatic nitrogens is 5. The third kappa shape index (κ3) is 1.96. The number of imidazole rings is 1. The maximum atomic E-state index is 4.23. The molecule has 6 heteroatoms. The molecule has 1 unspecified atom stereocenters. The number of likely N-dealkylation sites (N-methyl/N-ethyl adjacent to an activating group) is 1. The fraction of sp³-hybridized carbons (Fsp3) is 0.500. The van der Waals surface area contributed by atoms with E-state index < -0.39 is 0 Å². The summed E-state index contributed by atoms with van der Waals surface area (Å²) >= 11 is 0. The molecule has 2 rings (SSSR count). The van der Waals surface area contributed by atoms with Crippen molar-refractivity contribution in [2.24, 2.45) is 14.1 Å². The Kier molecular flexibility index (Phi) is 3.00. The number of rotatable bonds is 4. The molecule has 0 bridgehead atoms. The maximum absolute atomic E-state index is 4.23. The second-order valence-electron chi connectivity index (χ2n) is 3.77. The quantitative estimate of drug-likeness (QED) is 0.791. The van der Waals surface area contributed by atoms with E-state index in [0.29, 0.717) is 0 Å². The minimum atomic E-state index is 0.204. The first-order valence-corrected chi connectivity index (χ1v) is 5.18. The predicted molar refractivity (Wildman–Crippen MR) is 59.7 cm³/mol. The predicted octanol–water partition coefficient (Wildman–Crippen LogP) is 0.0518. The van der Waals surface area contributed by atoms with Crippen molar-refractivity contribution in [3.8, 4) is 0 Å². The zero-order valence-corrected chi connectivity index (χ0v) is 9.75. The van der Waals surface area contributed by atoms with Crippen LogP contribution in [0.4, 0.5) is 0 Å². The van der Waals surface area contributed by atoms with Crippen molar-refractivity contribution in [1.29, 1.82) is 0 Å². The minimum absolute atomic E-state index is 0.204. The van der Waals surface area contributed by atoms with Gasteiger partial charge in [-0.05, 0) is 7.05 Å². The fourth-order valence-electron chi connectivity index (χ4n) is 1.75. The molecule has 0 spiro atoms. The van der Waals surface area contributed by atoms with Crippen LogP contribution in [-0.4, -0.2) is 31.4 Å². The van der Waals surface area contributed by atoms with Crippen molar-refractivity contribution < 1.29 is 0 Å². The second kappa shape index (κ2) is 4.44. The molecule has 16 heavy (non-hydrogen) atoms. The van der Waals surface area contributed by atoms with E-state index in [9.17, 15) is 0 Å². The van der Waals surface area contributed by atoms with Crippen LogP contribution in [0.2, 0.25) is 0 Å². The van der Waals surface area contributed by atoms with Gasteiger partial charge in [0.05, 0.1) is 18.1 Å². The monoisotopic (exact) mass is 220 g/mol. The van der Waals surface area contributed by atoms with Crippen LogP contribution in [0.1, 0.15) is 17.6 Å². The first-order valence-electron chi connectivity index (χ1n) is 5.18.